The van der Waals surface area contributed by atoms with Gasteiger partial charge in [-0.25, -0.2) is 0 Å². The molecule has 0 saturated heterocycles. The average molecular weight is 182 g/mol. The highest BCUT2D eigenvalue weighted by Gasteiger charge is 2.41. The summed E-state index contributed by atoms with van der Waals surface area (Å²) in [5.41, 5.74) is 5.18. The van der Waals surface area contributed by atoms with Gasteiger partial charge in [0, 0.05) is 6.04 Å². The number of primary amides is 1. The molecule has 13 heavy (non-hydrogen) atoms. The lowest BCUT2D eigenvalue weighted by molar-refractivity contribution is -0.119. The van der Waals surface area contributed by atoms with Crippen molar-refractivity contribution >= 4 is 5.91 Å². The first-order chi connectivity index (χ1) is 6.16. The van der Waals surface area contributed by atoms with Gasteiger partial charge < -0.3 is 5.73 Å². The second kappa shape index (κ2) is 3.29. The van der Waals surface area contributed by atoms with Crippen LogP contribution >= 0.6 is 0 Å². The Morgan fingerprint density at radius 2 is 2.23 bits per heavy atom. The van der Waals surface area contributed by atoms with Crippen molar-refractivity contribution in [2.45, 2.75) is 31.7 Å². The van der Waals surface area contributed by atoms with Crippen molar-refractivity contribution in [2.24, 2.45) is 17.6 Å². The third-order valence-electron chi connectivity index (χ3n) is 3.67. The third-order valence-corrected chi connectivity index (χ3v) is 3.67. The summed E-state index contributed by atoms with van der Waals surface area (Å²) in [6, 6.07) is 0.631. The molecule has 2 aliphatic rings. The first-order valence-electron chi connectivity index (χ1n) is 5.15. The average Bonchev–Trinajstić information content (AvgIpc) is 2.62. The van der Waals surface area contributed by atoms with E-state index >= 15 is 0 Å². The normalized spacial score (nSPS) is 37.2. The number of carbonyl (C=O) groups excluding carboxylic acids is 1. The Kier molecular flexibility index (Phi) is 2.28. The molecule has 0 heterocycles. The Hall–Kier alpha value is -0.570. The van der Waals surface area contributed by atoms with Crippen molar-refractivity contribution in [3.63, 3.8) is 0 Å². The fourth-order valence-corrected chi connectivity index (χ4v) is 3.11. The van der Waals surface area contributed by atoms with Gasteiger partial charge in [-0.15, -0.1) is 0 Å². The molecule has 2 saturated carbocycles. The lowest BCUT2D eigenvalue weighted by atomic mass is 9.94. The Balaban J connectivity index is 1.91. The van der Waals surface area contributed by atoms with Crippen LogP contribution in [-0.2, 0) is 4.79 Å². The summed E-state index contributed by atoms with van der Waals surface area (Å²) in [6.45, 7) is 0.424. The molecule has 3 atom stereocenters. The maximum absolute atomic E-state index is 10.8. The van der Waals surface area contributed by atoms with Gasteiger partial charge in [0.15, 0.2) is 0 Å². The van der Waals surface area contributed by atoms with Gasteiger partial charge in [-0.1, -0.05) is 6.42 Å². The maximum atomic E-state index is 10.8. The molecule has 0 aromatic heterocycles. The Morgan fingerprint density at radius 3 is 2.69 bits per heavy atom. The van der Waals surface area contributed by atoms with Crippen LogP contribution in [0.15, 0.2) is 0 Å². The van der Waals surface area contributed by atoms with Crippen LogP contribution in [-0.4, -0.2) is 30.4 Å². The SMILES string of the molecule is CN(CC(N)=O)C1CC2CCC1C2. The monoisotopic (exact) mass is 182 g/mol. The van der Waals surface area contributed by atoms with Gasteiger partial charge in [-0.3, -0.25) is 9.69 Å². The number of hydrogen-bond donors (Lipinski definition) is 1. The van der Waals surface area contributed by atoms with Gasteiger partial charge in [-0.2, -0.15) is 0 Å². The zero-order chi connectivity index (χ0) is 9.42. The summed E-state index contributed by atoms with van der Waals surface area (Å²) in [5.74, 6) is 1.57. The van der Waals surface area contributed by atoms with Crippen molar-refractivity contribution in [1.82, 2.24) is 4.90 Å². The number of nitrogens with two attached hydrogens (primary N) is 1. The number of hydrogen-bond acceptors (Lipinski definition) is 2. The third kappa shape index (κ3) is 1.70. The molecular formula is C10H18N2O. The van der Waals surface area contributed by atoms with Crippen LogP contribution in [0.4, 0.5) is 0 Å². The van der Waals surface area contributed by atoms with Crippen LogP contribution in [0.1, 0.15) is 25.7 Å². The van der Waals surface area contributed by atoms with Crippen molar-refractivity contribution in [1.29, 1.82) is 0 Å². The smallest absolute Gasteiger partial charge is 0.231 e. The standard InChI is InChI=1S/C10H18N2O/c1-12(6-10(11)13)9-5-7-2-3-8(9)4-7/h7-9H,2-6H2,1H3,(H2,11,13). The van der Waals surface area contributed by atoms with E-state index in [9.17, 15) is 4.79 Å². The molecular weight excluding hydrogens is 164 g/mol. The van der Waals surface area contributed by atoms with Gasteiger partial charge in [-0.05, 0) is 38.1 Å². The summed E-state index contributed by atoms with van der Waals surface area (Å²) < 4.78 is 0. The molecule has 3 nitrogen and oxygen atoms in total. The van der Waals surface area contributed by atoms with Crippen LogP contribution in [0.25, 0.3) is 0 Å². The molecule has 2 rings (SSSR count). The molecule has 3 heteroatoms. The van der Waals surface area contributed by atoms with E-state index in [4.69, 9.17) is 5.73 Å². The van der Waals surface area contributed by atoms with E-state index in [0.717, 1.165) is 11.8 Å². The topological polar surface area (TPSA) is 46.3 Å². The van der Waals surface area contributed by atoms with Gasteiger partial charge in [0.05, 0.1) is 6.54 Å². The molecule has 0 aromatic rings. The fourth-order valence-electron chi connectivity index (χ4n) is 3.11. The predicted molar refractivity (Wildman–Crippen MR) is 51.1 cm³/mol. The number of fused-ring (bicyclic) bond motifs is 2. The number of rotatable bonds is 3. The van der Waals surface area contributed by atoms with Crippen LogP contribution in [0.2, 0.25) is 0 Å². The molecule has 2 aliphatic carbocycles. The van der Waals surface area contributed by atoms with Crippen LogP contribution < -0.4 is 5.73 Å². The maximum Gasteiger partial charge on any atom is 0.231 e. The lowest BCUT2D eigenvalue weighted by Gasteiger charge is -2.30. The molecule has 74 valence electrons. The van der Waals surface area contributed by atoms with Crippen LogP contribution in [0.5, 0.6) is 0 Å². The number of nitrogens with zero attached hydrogens (tertiary/aromatic N) is 1. The van der Waals surface area contributed by atoms with E-state index in [1.165, 1.54) is 25.7 Å². The van der Waals surface area contributed by atoms with Gasteiger partial charge >= 0.3 is 0 Å². The second-order valence-electron chi connectivity index (χ2n) is 4.62. The minimum Gasteiger partial charge on any atom is -0.369 e. The number of likely N-dealkylation sites (N-methyl/N-ethyl adjacent to an activating group) is 1. The quantitative estimate of drug-likeness (QED) is 0.694. The molecule has 0 spiro atoms. The molecule has 2 N–H and O–H groups in total. The van der Waals surface area contributed by atoms with E-state index in [1.54, 1.807) is 0 Å². The van der Waals surface area contributed by atoms with E-state index in [-0.39, 0.29) is 5.91 Å². The summed E-state index contributed by atoms with van der Waals surface area (Å²) in [4.78, 5) is 12.9. The zero-order valence-corrected chi connectivity index (χ0v) is 8.20. The first kappa shape index (κ1) is 9.00. The second-order valence-corrected chi connectivity index (χ2v) is 4.62. The Bertz CT molecular complexity index is 217. The Morgan fingerprint density at radius 1 is 1.46 bits per heavy atom. The summed E-state index contributed by atoms with van der Waals surface area (Å²) in [7, 11) is 2.02. The number of carbonyl (C=O) groups is 1. The summed E-state index contributed by atoms with van der Waals surface area (Å²) in [6.07, 6.45) is 5.44. The van der Waals surface area contributed by atoms with E-state index in [0.29, 0.717) is 12.6 Å². The molecule has 2 fully saturated rings. The van der Waals surface area contributed by atoms with Crippen LogP contribution in [0.3, 0.4) is 0 Å². The van der Waals surface area contributed by atoms with Crippen LogP contribution in [0, 0.1) is 11.8 Å². The molecule has 0 aromatic carbocycles. The highest BCUT2D eigenvalue weighted by atomic mass is 16.1. The minimum atomic E-state index is -0.203. The molecule has 3 unspecified atom stereocenters. The fraction of sp³-hybridized carbons (Fsp3) is 0.900. The molecule has 0 aliphatic heterocycles. The van der Waals surface area contributed by atoms with Gasteiger partial charge in [0.1, 0.15) is 0 Å². The predicted octanol–water partition coefficient (Wildman–Crippen LogP) is 0.592. The van der Waals surface area contributed by atoms with Gasteiger partial charge in [0.2, 0.25) is 5.91 Å². The van der Waals surface area contributed by atoms with Crippen molar-refractivity contribution in [3.05, 3.63) is 0 Å². The summed E-state index contributed by atoms with van der Waals surface area (Å²) >= 11 is 0. The molecule has 1 amide bonds. The highest BCUT2D eigenvalue weighted by molar-refractivity contribution is 5.75. The number of amides is 1. The largest absolute Gasteiger partial charge is 0.369 e. The van der Waals surface area contributed by atoms with Crippen molar-refractivity contribution in [2.75, 3.05) is 13.6 Å². The Labute approximate surface area is 79.3 Å². The van der Waals surface area contributed by atoms with E-state index < -0.39 is 0 Å². The summed E-state index contributed by atoms with van der Waals surface area (Å²) in [5, 5.41) is 0. The van der Waals surface area contributed by atoms with E-state index in [1.807, 2.05) is 7.05 Å². The zero-order valence-electron chi connectivity index (χ0n) is 8.20. The molecule has 2 bridgehead atoms. The van der Waals surface area contributed by atoms with Crippen molar-refractivity contribution < 1.29 is 4.79 Å². The lowest BCUT2D eigenvalue weighted by Crippen LogP contribution is -2.41. The van der Waals surface area contributed by atoms with Gasteiger partial charge in [0.25, 0.3) is 0 Å². The molecule has 0 radical (unpaired) electrons. The van der Waals surface area contributed by atoms with Crippen molar-refractivity contribution in [3.8, 4) is 0 Å². The first-order valence-corrected chi connectivity index (χ1v) is 5.15. The van der Waals surface area contributed by atoms with E-state index in [2.05, 4.69) is 4.90 Å². The minimum absolute atomic E-state index is 0.203. The highest BCUT2D eigenvalue weighted by Crippen LogP contribution is 2.46.